The summed E-state index contributed by atoms with van der Waals surface area (Å²) in [4.78, 5) is 42.2. The third-order valence-electron chi connectivity index (χ3n) is 13.1. The summed E-state index contributed by atoms with van der Waals surface area (Å²) in [6, 6.07) is 16.9. The van der Waals surface area contributed by atoms with E-state index in [0.717, 1.165) is 69.7 Å². The Hall–Kier alpha value is -4.13. The molecule has 6 heterocycles. The number of carbonyl (C=O) groups is 2. The number of nitrogens with one attached hydrogen (secondary N) is 2. The largest absolute Gasteiger partial charge is 0.433 e. The van der Waals surface area contributed by atoms with Gasteiger partial charge in [-0.05, 0) is 127 Å². The van der Waals surface area contributed by atoms with E-state index < -0.39 is 23.7 Å². The van der Waals surface area contributed by atoms with E-state index >= 15 is 0 Å². The first-order valence-electron chi connectivity index (χ1n) is 22.7. The Morgan fingerprint density at radius 3 is 1.70 bits per heavy atom. The van der Waals surface area contributed by atoms with Crippen molar-refractivity contribution in [1.29, 1.82) is 0 Å². The molecule has 0 saturated carbocycles. The lowest BCUT2D eigenvalue weighted by Crippen LogP contribution is -2.34. The molecule has 8 nitrogen and oxygen atoms in total. The standard InChI is InChI=1S/C25H30F3N3OS2.C24H26F3N3OS2/c1-15-10-12-31(13-11-15)23-17(6-9-22(30-23)25(26,27)28)5-8-20(32)16(2)18-4-7-19-21(14-18)34-24(29-19)33-3;1-14-9-11-30(12-10-14)22-16(5-8-21(29-22)24(25,26)27)4-7-19(31)15(2)17-3-6-18-20(13-17)33-23(32)28-18/h4,6-7,9,14-16,24,29H,5,8,10-13H2,1-3H3;3,5-6,8,13-15H,4,7,9-12H2,1-2H3,(H,28,32). The van der Waals surface area contributed by atoms with Gasteiger partial charge in [-0.1, -0.05) is 63.7 Å². The molecular weight excluding hydrogens is 947 g/mol. The normalized spacial score (nSPS) is 18.0. The summed E-state index contributed by atoms with van der Waals surface area (Å²) in [6.07, 6.45) is -1.99. The molecule has 3 aromatic heterocycles. The Labute approximate surface area is 405 Å². The third kappa shape index (κ3) is 12.8. The van der Waals surface area contributed by atoms with Crippen LogP contribution in [-0.2, 0) is 34.8 Å². The molecule has 3 aliphatic rings. The number of rotatable bonds is 13. The number of benzene rings is 2. The SMILES string of the molecule is CC1CCN(c2nc(C(F)(F)F)ccc2CCC(=O)C(C)c2ccc3[nH]c(=S)sc3c2)CC1.CSC1Nc2ccc(C(C)C(=O)CCc3ccc(C(F)(F)F)nc3N3CCC(C)CC3)cc2S1. The number of aromatic nitrogens is 3. The van der Waals surface area contributed by atoms with Crippen LogP contribution in [0.2, 0.25) is 0 Å². The fraction of sp³-hybridized carbons (Fsp3) is 0.490. The predicted molar refractivity (Wildman–Crippen MR) is 263 cm³/mol. The van der Waals surface area contributed by atoms with E-state index in [4.69, 9.17) is 12.2 Å². The van der Waals surface area contributed by atoms with Crippen molar-refractivity contribution in [2.24, 2.45) is 11.8 Å². The maximum absolute atomic E-state index is 13.3. The van der Waals surface area contributed by atoms with Crippen LogP contribution in [0, 0.1) is 15.8 Å². The summed E-state index contributed by atoms with van der Waals surface area (Å²) in [5.41, 5.74) is 3.55. The number of aryl methyl sites for hydroxylation is 2. The molecule has 0 radical (unpaired) electrons. The van der Waals surface area contributed by atoms with Crippen molar-refractivity contribution in [2.45, 2.75) is 113 Å². The van der Waals surface area contributed by atoms with Gasteiger partial charge < -0.3 is 20.1 Å². The van der Waals surface area contributed by atoms with Gasteiger partial charge in [-0.3, -0.25) is 9.59 Å². The molecular formula is C49H56F6N6O2S4. The van der Waals surface area contributed by atoms with Crippen molar-refractivity contribution in [3.63, 3.8) is 0 Å². The Morgan fingerprint density at radius 2 is 1.22 bits per heavy atom. The maximum atomic E-state index is 13.3. The molecule has 3 aliphatic heterocycles. The first kappa shape index (κ1) is 50.7. The van der Waals surface area contributed by atoms with E-state index in [0.29, 0.717) is 77.6 Å². The number of thiazole rings is 1. The van der Waals surface area contributed by atoms with E-state index in [1.54, 1.807) is 23.5 Å². The zero-order valence-electron chi connectivity index (χ0n) is 38.2. The number of ketones is 2. The topological polar surface area (TPSA) is 94.2 Å². The fourth-order valence-corrected chi connectivity index (χ4v) is 11.6. The Balaban J connectivity index is 0.000000199. The first-order valence-corrected chi connectivity index (χ1v) is 26.1. The average molecular weight is 1000 g/mol. The summed E-state index contributed by atoms with van der Waals surface area (Å²) in [5, 5.41) is 3.43. The van der Waals surface area contributed by atoms with Gasteiger partial charge in [-0.25, -0.2) is 9.97 Å². The van der Waals surface area contributed by atoms with E-state index in [1.165, 1.54) is 23.5 Å². The van der Waals surface area contributed by atoms with Crippen molar-refractivity contribution >= 4 is 86.2 Å². The number of H-pyrrole nitrogens is 1. The second kappa shape index (κ2) is 21.7. The first-order chi connectivity index (χ1) is 31.8. The van der Waals surface area contributed by atoms with Crippen molar-refractivity contribution < 1.29 is 35.9 Å². The number of hydrogen-bond acceptors (Lipinski definition) is 11. The molecule has 0 aliphatic carbocycles. The molecule has 0 amide bonds. The number of fused-ring (bicyclic) bond motifs is 2. The molecule has 2 N–H and O–H groups in total. The quantitative estimate of drug-likeness (QED) is 0.0877. The number of nitrogens with zero attached hydrogens (tertiary/aromatic N) is 4. The van der Waals surface area contributed by atoms with Crippen LogP contribution in [0.5, 0.6) is 0 Å². The van der Waals surface area contributed by atoms with Gasteiger partial charge in [0.15, 0.2) is 3.95 Å². The number of alkyl halides is 6. The zero-order chi connectivity index (χ0) is 48.2. The average Bonchev–Trinajstić information content (AvgIpc) is 3.91. The molecule has 67 heavy (non-hydrogen) atoms. The van der Waals surface area contributed by atoms with Gasteiger partial charge in [-0.2, -0.15) is 26.3 Å². The lowest BCUT2D eigenvalue weighted by atomic mass is 9.92. The maximum Gasteiger partial charge on any atom is 0.433 e. The highest BCUT2D eigenvalue weighted by Gasteiger charge is 2.36. The number of pyridine rings is 2. The predicted octanol–water partition coefficient (Wildman–Crippen LogP) is 13.7. The minimum absolute atomic E-state index is 0.0478. The van der Waals surface area contributed by atoms with Crippen LogP contribution < -0.4 is 15.1 Å². The number of halogens is 6. The molecule has 360 valence electrons. The van der Waals surface area contributed by atoms with E-state index in [-0.39, 0.29) is 40.9 Å². The molecule has 2 fully saturated rings. The van der Waals surface area contributed by atoms with Crippen molar-refractivity contribution in [3.8, 4) is 0 Å². The van der Waals surface area contributed by atoms with Gasteiger partial charge in [0, 0.05) is 61.4 Å². The zero-order valence-corrected chi connectivity index (χ0v) is 41.4. The van der Waals surface area contributed by atoms with E-state index in [1.807, 2.05) is 54.0 Å². The number of Topliss-reactive ketones (excluding diaryl/α,β-unsaturated/α-hetero) is 2. The molecule has 3 unspecified atom stereocenters. The van der Waals surface area contributed by atoms with E-state index in [2.05, 4.69) is 46.4 Å². The Kier molecular flexibility index (Phi) is 16.4. The van der Waals surface area contributed by atoms with Crippen LogP contribution in [0.3, 0.4) is 0 Å². The third-order valence-corrected chi connectivity index (χ3v) is 16.6. The minimum Gasteiger partial charge on any atom is -0.364 e. The monoisotopic (exact) mass is 1000 g/mol. The minimum atomic E-state index is -4.50. The van der Waals surface area contributed by atoms with Gasteiger partial charge >= 0.3 is 12.4 Å². The highest BCUT2D eigenvalue weighted by Crippen LogP contribution is 2.44. The van der Waals surface area contributed by atoms with Crippen LogP contribution in [0.15, 0.2) is 65.6 Å². The highest BCUT2D eigenvalue weighted by atomic mass is 32.2. The summed E-state index contributed by atoms with van der Waals surface area (Å²) in [5.74, 6) is 1.39. The lowest BCUT2D eigenvalue weighted by Gasteiger charge is -2.33. The van der Waals surface area contributed by atoms with Gasteiger partial charge in [0.05, 0.1) is 10.2 Å². The molecule has 2 saturated heterocycles. The molecule has 18 heteroatoms. The number of hydrogen-bond donors (Lipinski definition) is 2. The molecule has 0 bridgehead atoms. The van der Waals surface area contributed by atoms with E-state index in [9.17, 15) is 35.9 Å². The Morgan fingerprint density at radius 1 is 0.746 bits per heavy atom. The second-order valence-corrected chi connectivity index (χ2v) is 22.0. The van der Waals surface area contributed by atoms with Gasteiger partial charge in [0.2, 0.25) is 0 Å². The number of anilines is 3. The summed E-state index contributed by atoms with van der Waals surface area (Å²) in [6.45, 7) is 10.8. The van der Waals surface area contributed by atoms with Gasteiger partial charge in [0.25, 0.3) is 0 Å². The molecule has 0 spiro atoms. The van der Waals surface area contributed by atoms with Crippen LogP contribution in [0.25, 0.3) is 10.2 Å². The number of aromatic amines is 1. The van der Waals surface area contributed by atoms with Crippen LogP contribution in [-0.4, -0.2) is 63.7 Å². The molecule has 8 rings (SSSR count). The Bertz CT molecular complexity index is 2600. The summed E-state index contributed by atoms with van der Waals surface area (Å²) >= 11 is 10.1. The summed E-state index contributed by atoms with van der Waals surface area (Å²) < 4.78 is 81.9. The highest BCUT2D eigenvalue weighted by molar-refractivity contribution is 8.17. The second-order valence-electron chi connectivity index (χ2n) is 17.9. The van der Waals surface area contributed by atoms with Crippen LogP contribution in [0.1, 0.15) is 112 Å². The number of piperidine rings is 2. The molecule has 5 aromatic rings. The van der Waals surface area contributed by atoms with Crippen LogP contribution in [0.4, 0.5) is 43.7 Å². The van der Waals surface area contributed by atoms with Crippen molar-refractivity contribution in [3.05, 3.63) is 98.3 Å². The molecule has 2 aromatic carbocycles. The van der Waals surface area contributed by atoms with Gasteiger partial charge in [0.1, 0.15) is 39.3 Å². The fourth-order valence-electron chi connectivity index (χ4n) is 8.60. The summed E-state index contributed by atoms with van der Waals surface area (Å²) in [7, 11) is 0. The lowest BCUT2D eigenvalue weighted by molar-refractivity contribution is -0.141. The van der Waals surface area contributed by atoms with Crippen molar-refractivity contribution in [2.75, 3.05) is 47.6 Å². The number of carbonyl (C=O) groups excluding carboxylic acids is 2. The van der Waals surface area contributed by atoms with Crippen LogP contribution >= 0.6 is 47.1 Å². The van der Waals surface area contributed by atoms with Gasteiger partial charge in [-0.15, -0.1) is 23.1 Å². The smallest absolute Gasteiger partial charge is 0.364 e. The van der Waals surface area contributed by atoms with Crippen molar-refractivity contribution in [1.82, 2.24) is 15.0 Å². The molecule has 3 atom stereocenters. The number of thioether (sulfide) groups is 2.